The number of benzene rings is 1. The van der Waals surface area contributed by atoms with Gasteiger partial charge in [-0.05, 0) is 50.3 Å². The molecule has 7 heteroatoms. The van der Waals surface area contributed by atoms with Crippen molar-refractivity contribution < 1.29 is 14.3 Å². The summed E-state index contributed by atoms with van der Waals surface area (Å²) in [5, 5.41) is 3.58. The van der Waals surface area contributed by atoms with Crippen molar-refractivity contribution in [3.05, 3.63) is 23.8 Å². The lowest BCUT2D eigenvalue weighted by Gasteiger charge is -2.67. The van der Waals surface area contributed by atoms with Gasteiger partial charge in [-0.2, -0.15) is 0 Å². The fourth-order valence-corrected chi connectivity index (χ4v) is 5.50. The number of methoxy groups -OCH3 is 1. The fraction of sp³-hybridized carbons (Fsp3) is 0.526. The number of carbonyl (C=O) groups excluding carboxylic acids is 2. The lowest BCUT2D eigenvalue weighted by atomic mass is 9.41. The molecule has 2 heterocycles. The maximum absolute atomic E-state index is 12.6. The number of anilines is 1. The van der Waals surface area contributed by atoms with Crippen LogP contribution in [0.2, 0.25) is 0 Å². The fourth-order valence-electron chi connectivity index (χ4n) is 4.60. The van der Waals surface area contributed by atoms with Gasteiger partial charge in [-0.3, -0.25) is 9.59 Å². The predicted octanol–water partition coefficient (Wildman–Crippen LogP) is 3.04. The molecule has 0 unspecified atom stereocenters. The first-order valence-corrected chi connectivity index (χ1v) is 9.91. The van der Waals surface area contributed by atoms with E-state index in [1.54, 1.807) is 7.11 Å². The Morgan fingerprint density at radius 2 is 1.96 bits per heavy atom. The minimum Gasteiger partial charge on any atom is -0.378 e. The molecule has 1 aliphatic heterocycles. The van der Waals surface area contributed by atoms with Crippen molar-refractivity contribution in [2.24, 2.45) is 5.41 Å². The molecule has 136 valence electrons. The van der Waals surface area contributed by atoms with E-state index in [0.29, 0.717) is 10.7 Å². The van der Waals surface area contributed by atoms with Crippen LogP contribution in [0.5, 0.6) is 0 Å². The van der Waals surface area contributed by atoms with E-state index in [9.17, 15) is 9.59 Å². The van der Waals surface area contributed by atoms with Crippen molar-refractivity contribution in [1.29, 1.82) is 0 Å². The van der Waals surface area contributed by atoms with Gasteiger partial charge in [0.1, 0.15) is 0 Å². The molecule has 0 radical (unpaired) electrons. The highest BCUT2D eigenvalue weighted by Gasteiger charge is 2.72. The second kappa shape index (κ2) is 5.50. The summed E-state index contributed by atoms with van der Waals surface area (Å²) < 4.78 is 6.39. The Balaban J connectivity index is 1.32. The summed E-state index contributed by atoms with van der Waals surface area (Å²) in [5.74, 6) is 0.131. The Hall–Kier alpha value is -1.99. The molecule has 2 amide bonds. The van der Waals surface area contributed by atoms with Gasteiger partial charge in [0.25, 0.3) is 5.91 Å². The van der Waals surface area contributed by atoms with Gasteiger partial charge in [0.2, 0.25) is 5.91 Å². The molecular weight excluding hydrogens is 350 g/mol. The summed E-state index contributed by atoms with van der Waals surface area (Å²) in [7, 11) is 1.72. The maximum atomic E-state index is 12.6. The van der Waals surface area contributed by atoms with E-state index in [1.165, 1.54) is 11.3 Å². The second-order valence-electron chi connectivity index (χ2n) is 7.85. The van der Waals surface area contributed by atoms with Crippen LogP contribution >= 0.6 is 11.3 Å². The Labute approximate surface area is 155 Å². The molecule has 1 N–H and O–H groups in total. The molecule has 1 saturated heterocycles. The lowest BCUT2D eigenvalue weighted by molar-refractivity contribution is -0.260. The number of ether oxygens (including phenoxy) is 1. The van der Waals surface area contributed by atoms with E-state index < -0.39 is 0 Å². The number of thiazole rings is 1. The van der Waals surface area contributed by atoms with Crippen molar-refractivity contribution in [1.82, 2.24) is 9.88 Å². The third-order valence-corrected chi connectivity index (χ3v) is 7.08. The van der Waals surface area contributed by atoms with Gasteiger partial charge in [0.15, 0.2) is 5.13 Å². The third-order valence-electron chi connectivity index (χ3n) is 6.15. The number of rotatable bonds is 4. The zero-order valence-electron chi connectivity index (χ0n) is 14.7. The van der Waals surface area contributed by atoms with Crippen molar-refractivity contribution >= 4 is 38.5 Å². The molecule has 0 atom stereocenters. The lowest BCUT2D eigenvalue weighted by Crippen LogP contribution is -2.72. The van der Waals surface area contributed by atoms with E-state index in [2.05, 4.69) is 10.3 Å². The zero-order valence-corrected chi connectivity index (χ0v) is 15.5. The van der Waals surface area contributed by atoms with Gasteiger partial charge in [-0.25, -0.2) is 4.98 Å². The summed E-state index contributed by atoms with van der Waals surface area (Å²) >= 11 is 1.43. The molecule has 2 bridgehead atoms. The smallest absolute Gasteiger partial charge is 0.253 e. The van der Waals surface area contributed by atoms with Crippen molar-refractivity contribution in [3.8, 4) is 0 Å². The van der Waals surface area contributed by atoms with Gasteiger partial charge in [0, 0.05) is 25.8 Å². The Morgan fingerprint density at radius 3 is 2.65 bits per heavy atom. The van der Waals surface area contributed by atoms with Crippen LogP contribution < -0.4 is 5.32 Å². The number of aromatic nitrogens is 1. The van der Waals surface area contributed by atoms with Crippen molar-refractivity contribution in [2.45, 2.75) is 37.7 Å². The first-order chi connectivity index (χ1) is 12.5. The highest BCUT2D eigenvalue weighted by molar-refractivity contribution is 7.22. The van der Waals surface area contributed by atoms with Crippen LogP contribution in [0, 0.1) is 5.41 Å². The quantitative estimate of drug-likeness (QED) is 0.897. The first-order valence-electron chi connectivity index (χ1n) is 9.09. The summed E-state index contributed by atoms with van der Waals surface area (Å²) in [4.78, 5) is 31.5. The molecule has 6 nitrogen and oxygen atoms in total. The minimum absolute atomic E-state index is 0.0452. The van der Waals surface area contributed by atoms with Gasteiger partial charge in [0.05, 0.1) is 21.2 Å². The van der Waals surface area contributed by atoms with Crippen LogP contribution in [-0.4, -0.2) is 47.5 Å². The van der Waals surface area contributed by atoms with E-state index in [-0.39, 0.29) is 22.8 Å². The number of nitrogens with zero attached hydrogens (tertiary/aromatic N) is 2. The summed E-state index contributed by atoms with van der Waals surface area (Å²) in [6.45, 7) is 1.68. The van der Waals surface area contributed by atoms with Crippen LogP contribution in [0.15, 0.2) is 18.2 Å². The molecule has 1 aromatic heterocycles. The molecule has 3 saturated carbocycles. The standard InChI is InChI=1S/C19H21N3O3S/c1-25-19-9-18(10-19,11-19)16(24)21-17-20-13-5-4-12(8-14(13)26-17)15(23)22-6-2-3-7-22/h4-5,8H,2-3,6-7,9-11H2,1H3,(H,20,21,24). The summed E-state index contributed by atoms with van der Waals surface area (Å²) in [5.41, 5.74) is 1.21. The monoisotopic (exact) mass is 371 g/mol. The van der Waals surface area contributed by atoms with Gasteiger partial charge in [-0.1, -0.05) is 11.3 Å². The number of fused-ring (bicyclic) bond motifs is 1. The van der Waals surface area contributed by atoms with Crippen molar-refractivity contribution in [3.63, 3.8) is 0 Å². The molecular formula is C19H21N3O3S. The number of amides is 2. The number of hydrogen-bond donors (Lipinski definition) is 1. The molecule has 0 spiro atoms. The van der Waals surface area contributed by atoms with E-state index in [0.717, 1.165) is 55.4 Å². The average molecular weight is 371 g/mol. The topological polar surface area (TPSA) is 71.5 Å². The van der Waals surface area contributed by atoms with Crippen molar-refractivity contribution in [2.75, 3.05) is 25.5 Å². The van der Waals surface area contributed by atoms with E-state index >= 15 is 0 Å². The average Bonchev–Trinajstić information content (AvgIpc) is 3.20. The molecule has 4 fully saturated rings. The molecule has 3 aliphatic carbocycles. The highest BCUT2D eigenvalue weighted by atomic mass is 32.1. The van der Waals surface area contributed by atoms with Crippen LogP contribution in [0.1, 0.15) is 42.5 Å². The van der Waals surface area contributed by atoms with Gasteiger partial charge in [-0.15, -0.1) is 0 Å². The zero-order chi connectivity index (χ0) is 17.9. The van der Waals surface area contributed by atoms with E-state index in [4.69, 9.17) is 4.74 Å². The molecule has 4 aliphatic rings. The molecule has 1 aromatic carbocycles. The molecule has 2 aromatic rings. The number of hydrogen-bond acceptors (Lipinski definition) is 5. The maximum Gasteiger partial charge on any atom is 0.253 e. The number of carbonyl (C=O) groups is 2. The van der Waals surface area contributed by atoms with Crippen LogP contribution in [0.4, 0.5) is 5.13 Å². The molecule has 26 heavy (non-hydrogen) atoms. The minimum atomic E-state index is -0.259. The van der Waals surface area contributed by atoms with E-state index in [1.807, 2.05) is 23.1 Å². The Morgan fingerprint density at radius 1 is 1.23 bits per heavy atom. The number of likely N-dealkylation sites (tertiary alicyclic amines) is 1. The predicted molar refractivity (Wildman–Crippen MR) is 99.4 cm³/mol. The Bertz CT molecular complexity index is 896. The Kier molecular flexibility index (Phi) is 3.43. The highest BCUT2D eigenvalue weighted by Crippen LogP contribution is 2.69. The largest absolute Gasteiger partial charge is 0.378 e. The number of nitrogens with one attached hydrogen (secondary N) is 1. The second-order valence-corrected chi connectivity index (χ2v) is 8.88. The van der Waals surface area contributed by atoms with Crippen LogP contribution in [-0.2, 0) is 9.53 Å². The summed E-state index contributed by atoms with van der Waals surface area (Å²) in [6.07, 6.45) is 4.58. The van der Waals surface area contributed by atoms with Crippen LogP contribution in [0.25, 0.3) is 10.2 Å². The van der Waals surface area contributed by atoms with Gasteiger partial charge < -0.3 is 15.0 Å². The summed E-state index contributed by atoms with van der Waals surface area (Å²) in [6, 6.07) is 5.59. The SMILES string of the molecule is COC12CC(C(=O)Nc3nc4ccc(C(=O)N5CCCC5)cc4s3)(C1)C2. The normalized spacial score (nSPS) is 29.3. The van der Waals surface area contributed by atoms with Gasteiger partial charge >= 0.3 is 0 Å². The third kappa shape index (κ3) is 2.30. The van der Waals surface area contributed by atoms with Crippen LogP contribution in [0.3, 0.4) is 0 Å². The first kappa shape index (κ1) is 16.2. The molecule has 6 rings (SSSR count).